The van der Waals surface area contributed by atoms with Crippen LogP contribution in [0.2, 0.25) is 0 Å². The Morgan fingerprint density at radius 1 is 1.44 bits per heavy atom. The second kappa shape index (κ2) is 7.66. The van der Waals surface area contributed by atoms with Crippen molar-refractivity contribution in [2.24, 2.45) is 5.92 Å². The summed E-state index contributed by atoms with van der Waals surface area (Å²) in [5.74, 6) is -0.0835. The van der Waals surface area contributed by atoms with Gasteiger partial charge in [0.05, 0.1) is 17.5 Å². The topological polar surface area (TPSA) is 96.5 Å². The van der Waals surface area contributed by atoms with Crippen LogP contribution in [0.15, 0.2) is 23.4 Å². The van der Waals surface area contributed by atoms with E-state index in [1.54, 1.807) is 11.6 Å². The molecule has 0 bridgehead atoms. The molecule has 0 aliphatic carbocycles. The van der Waals surface area contributed by atoms with Gasteiger partial charge in [-0.15, -0.1) is 5.10 Å². The number of hydrogen-bond acceptors (Lipinski definition) is 6. The fourth-order valence-corrected chi connectivity index (χ4v) is 2.83. The maximum atomic E-state index is 12.2. The van der Waals surface area contributed by atoms with E-state index in [0.29, 0.717) is 5.16 Å². The minimum absolute atomic E-state index is 0.00622. The fourth-order valence-electron chi connectivity index (χ4n) is 2.14. The lowest BCUT2D eigenvalue weighted by Crippen LogP contribution is -2.49. The predicted molar refractivity (Wildman–Crippen MR) is 96.4 cm³/mol. The van der Waals surface area contributed by atoms with E-state index < -0.39 is 5.54 Å². The quantitative estimate of drug-likeness (QED) is 0.797. The molecule has 2 aromatic rings. The van der Waals surface area contributed by atoms with Gasteiger partial charge in [-0.2, -0.15) is 9.94 Å². The van der Waals surface area contributed by atoms with Crippen LogP contribution in [0.5, 0.6) is 0 Å². The molecule has 8 heteroatoms. The van der Waals surface area contributed by atoms with Gasteiger partial charge in [0.2, 0.25) is 11.1 Å². The van der Waals surface area contributed by atoms with Crippen molar-refractivity contribution in [2.45, 2.75) is 45.3 Å². The molecule has 0 saturated carbocycles. The smallest absolute Gasteiger partial charge is 0.231 e. The number of nitriles is 1. The Morgan fingerprint density at radius 3 is 2.80 bits per heavy atom. The summed E-state index contributed by atoms with van der Waals surface area (Å²) in [6.45, 7) is 9.56. The number of carbonyl (C=O) groups excluding carboxylic acids is 1. The van der Waals surface area contributed by atoms with E-state index in [0.717, 1.165) is 16.8 Å². The van der Waals surface area contributed by atoms with Crippen LogP contribution >= 0.6 is 11.8 Å². The van der Waals surface area contributed by atoms with Gasteiger partial charge in [0.1, 0.15) is 5.54 Å². The van der Waals surface area contributed by atoms with Gasteiger partial charge in [-0.1, -0.05) is 37.7 Å². The summed E-state index contributed by atoms with van der Waals surface area (Å²) in [6, 6.07) is 8.08. The lowest BCUT2D eigenvalue weighted by atomic mass is 9.90. The third kappa shape index (κ3) is 4.17. The number of thioether (sulfide) groups is 1. The number of carbonyl (C=O) groups is 1. The van der Waals surface area contributed by atoms with E-state index in [1.807, 2.05) is 45.9 Å². The van der Waals surface area contributed by atoms with Gasteiger partial charge in [-0.3, -0.25) is 4.79 Å². The lowest BCUT2D eigenvalue weighted by Gasteiger charge is -2.27. The first-order valence-electron chi connectivity index (χ1n) is 7.98. The monoisotopic (exact) mass is 358 g/mol. The molecule has 132 valence electrons. The standard InChI is InChI=1S/C17H22N6OS/c1-11(2)17(5,10-18)19-15(24)9-25-16-20-21-22-23(16)14-8-6-7-12(3)13(14)4/h6-8,11H,9H2,1-5H3,(H,19,24). The minimum atomic E-state index is -0.892. The van der Waals surface area contributed by atoms with E-state index in [1.165, 1.54) is 11.8 Å². The zero-order valence-corrected chi connectivity index (χ0v) is 15.9. The summed E-state index contributed by atoms with van der Waals surface area (Å²) >= 11 is 1.24. The zero-order valence-electron chi connectivity index (χ0n) is 15.1. The minimum Gasteiger partial charge on any atom is -0.337 e. The van der Waals surface area contributed by atoms with E-state index in [4.69, 9.17) is 0 Å². The summed E-state index contributed by atoms with van der Waals surface area (Å²) < 4.78 is 1.63. The Morgan fingerprint density at radius 2 is 2.16 bits per heavy atom. The summed E-state index contributed by atoms with van der Waals surface area (Å²) in [6.07, 6.45) is 0. The Labute approximate surface area is 151 Å². The van der Waals surface area contributed by atoms with Crippen molar-refractivity contribution < 1.29 is 4.79 Å². The number of nitrogens with one attached hydrogen (secondary N) is 1. The molecule has 0 aliphatic rings. The average Bonchev–Trinajstić information content (AvgIpc) is 3.03. The lowest BCUT2D eigenvalue weighted by molar-refractivity contribution is -0.120. The summed E-state index contributed by atoms with van der Waals surface area (Å²) in [7, 11) is 0. The first kappa shape index (κ1) is 18.9. The van der Waals surface area contributed by atoms with Gasteiger partial charge in [-0.05, 0) is 54.3 Å². The molecule has 0 saturated heterocycles. The van der Waals surface area contributed by atoms with E-state index >= 15 is 0 Å². The van der Waals surface area contributed by atoms with E-state index in [9.17, 15) is 10.1 Å². The molecule has 1 aromatic heterocycles. The fraction of sp³-hybridized carbons (Fsp3) is 0.471. The number of nitrogens with zero attached hydrogens (tertiary/aromatic N) is 5. The first-order valence-corrected chi connectivity index (χ1v) is 8.97. The number of hydrogen-bond donors (Lipinski definition) is 1. The number of aromatic nitrogens is 4. The summed E-state index contributed by atoms with van der Waals surface area (Å²) in [5, 5.41) is 24.4. The molecule has 25 heavy (non-hydrogen) atoms. The van der Waals surface area contributed by atoms with E-state index in [-0.39, 0.29) is 17.6 Å². The van der Waals surface area contributed by atoms with E-state index in [2.05, 4.69) is 26.9 Å². The largest absolute Gasteiger partial charge is 0.337 e. The van der Waals surface area contributed by atoms with Crippen molar-refractivity contribution in [1.82, 2.24) is 25.5 Å². The first-order chi connectivity index (χ1) is 11.8. The molecular formula is C17H22N6OS. The molecule has 1 amide bonds. The van der Waals surface area contributed by atoms with Crippen LogP contribution in [0.3, 0.4) is 0 Å². The van der Waals surface area contributed by atoms with Crippen molar-refractivity contribution in [3.8, 4) is 11.8 Å². The zero-order chi connectivity index (χ0) is 18.6. The molecule has 1 N–H and O–H groups in total. The number of tetrazole rings is 1. The van der Waals surface area contributed by atoms with Gasteiger partial charge in [0.25, 0.3) is 0 Å². The Kier molecular flexibility index (Phi) is 5.80. The van der Waals surface area contributed by atoms with Crippen molar-refractivity contribution >= 4 is 17.7 Å². The van der Waals surface area contributed by atoms with Crippen molar-refractivity contribution in [1.29, 1.82) is 5.26 Å². The molecule has 0 radical (unpaired) electrons. The van der Waals surface area contributed by atoms with Gasteiger partial charge >= 0.3 is 0 Å². The second-order valence-corrected chi connectivity index (χ2v) is 7.34. The van der Waals surface area contributed by atoms with Crippen molar-refractivity contribution in [3.05, 3.63) is 29.3 Å². The Balaban J connectivity index is 2.11. The number of aryl methyl sites for hydroxylation is 1. The number of rotatable bonds is 6. The highest BCUT2D eigenvalue weighted by atomic mass is 32.2. The molecule has 1 aromatic carbocycles. The number of amides is 1. The molecule has 0 aliphatic heterocycles. The maximum absolute atomic E-state index is 12.2. The Hall–Kier alpha value is -2.40. The molecule has 2 rings (SSSR count). The van der Waals surface area contributed by atoms with Gasteiger partial charge < -0.3 is 5.32 Å². The molecular weight excluding hydrogens is 336 g/mol. The molecule has 1 unspecified atom stereocenters. The molecule has 1 heterocycles. The third-order valence-corrected chi connectivity index (χ3v) is 5.28. The normalized spacial score (nSPS) is 13.3. The highest BCUT2D eigenvalue weighted by molar-refractivity contribution is 7.99. The van der Waals surface area contributed by atoms with Gasteiger partial charge in [0.15, 0.2) is 0 Å². The molecule has 0 fully saturated rings. The molecule has 0 spiro atoms. The molecule has 1 atom stereocenters. The average molecular weight is 358 g/mol. The van der Waals surface area contributed by atoms with Crippen molar-refractivity contribution in [2.75, 3.05) is 5.75 Å². The van der Waals surface area contributed by atoms with Gasteiger partial charge in [-0.25, -0.2) is 0 Å². The predicted octanol–water partition coefficient (Wildman–Crippen LogP) is 2.43. The summed E-state index contributed by atoms with van der Waals surface area (Å²) in [4.78, 5) is 12.2. The SMILES string of the molecule is Cc1cccc(-n2nnnc2SCC(=O)NC(C)(C#N)C(C)C)c1C. The van der Waals surface area contributed by atoms with Crippen LogP contribution in [0.25, 0.3) is 5.69 Å². The second-order valence-electron chi connectivity index (χ2n) is 6.40. The summed E-state index contributed by atoms with van der Waals surface area (Å²) in [5.41, 5.74) is 2.22. The van der Waals surface area contributed by atoms with Gasteiger partial charge in [0, 0.05) is 0 Å². The van der Waals surface area contributed by atoms with Crippen LogP contribution in [0, 0.1) is 31.1 Å². The van der Waals surface area contributed by atoms with Crippen molar-refractivity contribution in [3.63, 3.8) is 0 Å². The van der Waals surface area contributed by atoms with Crippen LogP contribution in [-0.4, -0.2) is 37.4 Å². The number of benzene rings is 1. The highest BCUT2D eigenvalue weighted by Gasteiger charge is 2.30. The highest BCUT2D eigenvalue weighted by Crippen LogP contribution is 2.22. The van der Waals surface area contributed by atoms with Crippen LogP contribution in [-0.2, 0) is 4.79 Å². The van der Waals surface area contributed by atoms with Crippen LogP contribution in [0.1, 0.15) is 31.9 Å². The van der Waals surface area contributed by atoms with Crippen LogP contribution < -0.4 is 5.32 Å². The maximum Gasteiger partial charge on any atom is 0.231 e. The molecule has 7 nitrogen and oxygen atoms in total. The third-order valence-electron chi connectivity index (χ3n) is 4.36. The Bertz CT molecular complexity index is 810. The van der Waals surface area contributed by atoms with Crippen LogP contribution in [0.4, 0.5) is 0 Å².